The third-order valence-electron chi connectivity index (χ3n) is 5.85. The van der Waals surface area contributed by atoms with E-state index in [-0.39, 0.29) is 11.4 Å². The Balaban J connectivity index is 1.31. The number of aryl methyl sites for hydroxylation is 1. The van der Waals surface area contributed by atoms with Crippen LogP contribution in [0.4, 0.5) is 5.69 Å². The Labute approximate surface area is 197 Å². The monoisotopic (exact) mass is 455 g/mol. The van der Waals surface area contributed by atoms with Crippen LogP contribution >= 0.6 is 0 Å². The summed E-state index contributed by atoms with van der Waals surface area (Å²) in [5.74, 6) is -0.128. The molecule has 0 radical (unpaired) electrons. The molecule has 0 amide bonds. The van der Waals surface area contributed by atoms with Gasteiger partial charge >= 0.3 is 5.97 Å². The number of carboxylic acids is 1. The highest BCUT2D eigenvalue weighted by Gasteiger charge is 2.20. The number of benzene rings is 2. The fraction of sp³-hybridized carbons (Fsp3) is 0.222. The van der Waals surface area contributed by atoms with E-state index in [4.69, 9.17) is 9.47 Å². The molecule has 34 heavy (non-hydrogen) atoms. The Morgan fingerprint density at radius 3 is 2.79 bits per heavy atom. The summed E-state index contributed by atoms with van der Waals surface area (Å²) in [6, 6.07) is 17.7. The number of fused-ring (bicyclic) bond motifs is 2. The number of pyridine rings is 2. The molecule has 1 aliphatic heterocycles. The largest absolute Gasteiger partial charge is 0.491 e. The molecule has 0 saturated heterocycles. The number of aromatic carboxylic acids is 1. The number of rotatable bonds is 8. The molecule has 0 aliphatic carbocycles. The van der Waals surface area contributed by atoms with Gasteiger partial charge in [-0.1, -0.05) is 30.3 Å². The number of hydrogen-bond donors (Lipinski definition) is 2. The van der Waals surface area contributed by atoms with Crippen LogP contribution in [0.1, 0.15) is 28.9 Å². The van der Waals surface area contributed by atoms with E-state index in [1.807, 2.05) is 36.4 Å². The maximum absolute atomic E-state index is 11.8. The highest BCUT2D eigenvalue weighted by Crippen LogP contribution is 2.35. The van der Waals surface area contributed by atoms with Crippen molar-refractivity contribution in [3.63, 3.8) is 0 Å². The van der Waals surface area contributed by atoms with Gasteiger partial charge in [0, 0.05) is 42.0 Å². The smallest absolute Gasteiger partial charge is 0.358 e. The van der Waals surface area contributed by atoms with Crippen LogP contribution in [0.25, 0.3) is 22.0 Å². The number of anilines is 1. The summed E-state index contributed by atoms with van der Waals surface area (Å²) < 4.78 is 11.9. The molecule has 0 fully saturated rings. The average Bonchev–Trinajstić information content (AvgIpc) is 2.88. The van der Waals surface area contributed by atoms with Crippen LogP contribution < -0.4 is 14.8 Å². The van der Waals surface area contributed by atoms with Crippen molar-refractivity contribution in [3.05, 3.63) is 78.2 Å². The standard InChI is InChI=1S/C27H25N3O4/c31-27(32)25-26(21(11-14-30-25)20-10-9-18-6-2-12-28-22(18)17-20)34-16-4-15-33-23-8-1-5-19-7-3-13-29-24(19)23/h1,3,5,7-11,13-14,17,28H,2,4,6,12,15-16H2,(H,31,32). The van der Waals surface area contributed by atoms with Gasteiger partial charge in [-0.2, -0.15) is 0 Å². The maximum Gasteiger partial charge on any atom is 0.358 e. The molecule has 172 valence electrons. The molecule has 0 atom stereocenters. The van der Waals surface area contributed by atoms with Gasteiger partial charge in [-0.25, -0.2) is 9.78 Å². The fourth-order valence-electron chi connectivity index (χ4n) is 4.21. The van der Waals surface area contributed by atoms with Crippen molar-refractivity contribution in [3.8, 4) is 22.6 Å². The van der Waals surface area contributed by atoms with Gasteiger partial charge in [0.05, 0.1) is 13.2 Å². The summed E-state index contributed by atoms with van der Waals surface area (Å²) in [5.41, 5.74) is 4.68. The minimum atomic E-state index is -1.12. The van der Waals surface area contributed by atoms with E-state index in [2.05, 4.69) is 27.4 Å². The number of hydrogen-bond acceptors (Lipinski definition) is 6. The molecule has 7 heteroatoms. The SMILES string of the molecule is O=C(O)c1nccc(-c2ccc3c(c2)NCCC3)c1OCCCOc1cccc2cccnc12. The summed E-state index contributed by atoms with van der Waals surface area (Å²) in [5, 5.41) is 14.1. The minimum Gasteiger partial charge on any atom is -0.491 e. The van der Waals surface area contributed by atoms with Crippen molar-refractivity contribution >= 4 is 22.6 Å². The van der Waals surface area contributed by atoms with E-state index >= 15 is 0 Å². The number of ether oxygens (including phenoxy) is 2. The Bertz CT molecular complexity index is 1330. The van der Waals surface area contributed by atoms with Crippen LogP contribution in [-0.4, -0.2) is 40.8 Å². The molecular formula is C27H25N3O4. The van der Waals surface area contributed by atoms with Gasteiger partial charge in [-0.3, -0.25) is 4.98 Å². The number of nitrogens with zero attached hydrogens (tertiary/aromatic N) is 2. The molecule has 5 rings (SSSR count). The zero-order valence-corrected chi connectivity index (χ0v) is 18.7. The van der Waals surface area contributed by atoms with Crippen LogP contribution in [0.2, 0.25) is 0 Å². The molecule has 3 heterocycles. The predicted molar refractivity (Wildman–Crippen MR) is 131 cm³/mol. The molecule has 0 bridgehead atoms. The first-order valence-corrected chi connectivity index (χ1v) is 11.4. The van der Waals surface area contributed by atoms with Gasteiger partial charge in [-0.05, 0) is 48.2 Å². The molecule has 2 aromatic carbocycles. The van der Waals surface area contributed by atoms with E-state index in [0.717, 1.165) is 41.5 Å². The molecule has 4 aromatic rings. The summed E-state index contributed by atoms with van der Waals surface area (Å²) >= 11 is 0. The summed E-state index contributed by atoms with van der Waals surface area (Å²) in [6.07, 6.45) is 5.97. The van der Waals surface area contributed by atoms with E-state index < -0.39 is 5.97 Å². The van der Waals surface area contributed by atoms with E-state index in [1.165, 1.54) is 11.8 Å². The molecule has 0 saturated carbocycles. The normalized spacial score (nSPS) is 12.6. The molecule has 0 unspecified atom stereocenters. The lowest BCUT2D eigenvalue weighted by atomic mass is 9.97. The van der Waals surface area contributed by atoms with Crippen molar-refractivity contribution in [1.29, 1.82) is 0 Å². The molecule has 1 aliphatic rings. The minimum absolute atomic E-state index is 0.0950. The number of carboxylic acid groups (broad SMARTS) is 1. The van der Waals surface area contributed by atoms with Crippen molar-refractivity contribution in [1.82, 2.24) is 9.97 Å². The third kappa shape index (κ3) is 4.50. The number of para-hydroxylation sites is 1. The van der Waals surface area contributed by atoms with Crippen molar-refractivity contribution < 1.29 is 19.4 Å². The molecule has 0 spiro atoms. The van der Waals surface area contributed by atoms with Crippen LogP contribution in [0.15, 0.2) is 67.0 Å². The van der Waals surface area contributed by atoms with Gasteiger partial charge in [-0.15, -0.1) is 0 Å². The van der Waals surface area contributed by atoms with Crippen molar-refractivity contribution in [2.45, 2.75) is 19.3 Å². The van der Waals surface area contributed by atoms with E-state index in [0.29, 0.717) is 30.9 Å². The summed E-state index contributed by atoms with van der Waals surface area (Å²) in [4.78, 5) is 20.3. The molecule has 7 nitrogen and oxygen atoms in total. The Kier molecular flexibility index (Phi) is 6.25. The maximum atomic E-state index is 11.8. The first-order valence-electron chi connectivity index (χ1n) is 11.4. The van der Waals surface area contributed by atoms with Crippen LogP contribution in [-0.2, 0) is 6.42 Å². The lowest BCUT2D eigenvalue weighted by Crippen LogP contribution is -2.12. The van der Waals surface area contributed by atoms with Gasteiger partial charge in [0.1, 0.15) is 11.3 Å². The second-order valence-electron chi connectivity index (χ2n) is 8.13. The number of carbonyl (C=O) groups is 1. The predicted octanol–water partition coefficient (Wildman–Crippen LogP) is 5.20. The first kappa shape index (κ1) is 21.7. The summed E-state index contributed by atoms with van der Waals surface area (Å²) in [6.45, 7) is 1.64. The van der Waals surface area contributed by atoms with Crippen LogP contribution in [0.3, 0.4) is 0 Å². The Morgan fingerprint density at radius 1 is 1.00 bits per heavy atom. The quantitative estimate of drug-likeness (QED) is 0.353. The molecular weight excluding hydrogens is 430 g/mol. The molecule has 2 aromatic heterocycles. The van der Waals surface area contributed by atoms with Crippen molar-refractivity contribution in [2.24, 2.45) is 0 Å². The van der Waals surface area contributed by atoms with E-state index in [9.17, 15) is 9.90 Å². The fourth-order valence-corrected chi connectivity index (χ4v) is 4.21. The second-order valence-corrected chi connectivity index (χ2v) is 8.13. The highest BCUT2D eigenvalue weighted by atomic mass is 16.5. The Hall–Kier alpha value is -4.13. The molecule has 2 N–H and O–H groups in total. The summed E-state index contributed by atoms with van der Waals surface area (Å²) in [7, 11) is 0. The Morgan fingerprint density at radius 2 is 1.88 bits per heavy atom. The van der Waals surface area contributed by atoms with Gasteiger partial charge in [0.25, 0.3) is 0 Å². The second kappa shape index (κ2) is 9.79. The topological polar surface area (TPSA) is 93.6 Å². The lowest BCUT2D eigenvalue weighted by Gasteiger charge is -2.20. The lowest BCUT2D eigenvalue weighted by molar-refractivity contribution is 0.0685. The first-order chi connectivity index (χ1) is 16.7. The number of nitrogens with one attached hydrogen (secondary N) is 1. The third-order valence-corrected chi connectivity index (χ3v) is 5.85. The number of aromatic nitrogens is 2. The van der Waals surface area contributed by atoms with Crippen LogP contribution in [0.5, 0.6) is 11.5 Å². The van der Waals surface area contributed by atoms with Crippen molar-refractivity contribution in [2.75, 3.05) is 25.1 Å². The average molecular weight is 456 g/mol. The van der Waals surface area contributed by atoms with Crippen LogP contribution in [0, 0.1) is 0 Å². The van der Waals surface area contributed by atoms with E-state index in [1.54, 1.807) is 12.3 Å². The van der Waals surface area contributed by atoms with Gasteiger partial charge in [0.15, 0.2) is 11.4 Å². The highest BCUT2D eigenvalue weighted by molar-refractivity contribution is 5.92. The van der Waals surface area contributed by atoms with Gasteiger partial charge < -0.3 is 19.9 Å². The van der Waals surface area contributed by atoms with Gasteiger partial charge in [0.2, 0.25) is 0 Å². The zero-order chi connectivity index (χ0) is 23.3. The zero-order valence-electron chi connectivity index (χ0n) is 18.7.